The summed E-state index contributed by atoms with van der Waals surface area (Å²) in [6.45, 7) is 2.09. The Morgan fingerprint density at radius 1 is 1.05 bits per heavy atom. The van der Waals surface area contributed by atoms with Crippen LogP contribution in [0.2, 0.25) is 0 Å². The Balaban J connectivity index is 1.66. The molecule has 5 rings (SSSR count). The minimum absolute atomic E-state index is 0.230. The molecule has 190 valence electrons. The van der Waals surface area contributed by atoms with Crippen LogP contribution in [0.15, 0.2) is 85.2 Å². The second-order valence-electron chi connectivity index (χ2n) is 8.84. The van der Waals surface area contributed by atoms with Gasteiger partial charge in [0.05, 0.1) is 30.8 Å². The van der Waals surface area contributed by atoms with Crippen molar-refractivity contribution >= 4 is 38.7 Å². The summed E-state index contributed by atoms with van der Waals surface area (Å²) in [6.07, 6.45) is 4.92. The number of thiocarbonyl (C=S) groups is 1. The fourth-order valence-electron chi connectivity index (χ4n) is 4.74. The van der Waals surface area contributed by atoms with Crippen LogP contribution in [-0.2, 0) is 10.0 Å². The molecule has 1 fully saturated rings. The Bertz CT molecular complexity index is 1550. The lowest BCUT2D eigenvalue weighted by molar-refractivity contribution is 0.417. The minimum Gasteiger partial charge on any atom is -0.494 e. The van der Waals surface area contributed by atoms with Crippen molar-refractivity contribution in [3.05, 3.63) is 102 Å². The van der Waals surface area contributed by atoms with Gasteiger partial charge in [0.2, 0.25) is 10.0 Å². The Kier molecular flexibility index (Phi) is 6.61. The molecule has 0 radical (unpaired) electrons. The number of nitrogens with one attached hydrogen (secondary N) is 2. The molecule has 2 aromatic heterocycles. The Labute approximate surface area is 222 Å². The summed E-state index contributed by atoms with van der Waals surface area (Å²) in [6, 6.07) is 23.0. The number of benzene rings is 2. The quantitative estimate of drug-likeness (QED) is 0.332. The Hall–Kier alpha value is -3.89. The summed E-state index contributed by atoms with van der Waals surface area (Å²) in [5, 5.41) is 4.00. The zero-order valence-corrected chi connectivity index (χ0v) is 22.3. The zero-order chi connectivity index (χ0) is 26.2. The maximum absolute atomic E-state index is 11.9. The second kappa shape index (κ2) is 9.87. The van der Waals surface area contributed by atoms with Crippen molar-refractivity contribution < 1.29 is 13.2 Å². The van der Waals surface area contributed by atoms with Gasteiger partial charge in [0.25, 0.3) is 0 Å². The molecule has 0 spiro atoms. The van der Waals surface area contributed by atoms with E-state index < -0.39 is 10.0 Å². The third kappa shape index (κ3) is 4.90. The van der Waals surface area contributed by atoms with Crippen LogP contribution in [0, 0.1) is 6.92 Å². The number of sulfonamides is 1. The van der Waals surface area contributed by atoms with E-state index in [4.69, 9.17) is 17.0 Å². The lowest BCUT2D eigenvalue weighted by atomic mass is 10.0. The lowest BCUT2D eigenvalue weighted by Crippen LogP contribution is -2.30. The predicted molar refractivity (Wildman–Crippen MR) is 150 cm³/mol. The number of rotatable bonds is 7. The average molecular weight is 534 g/mol. The van der Waals surface area contributed by atoms with Gasteiger partial charge in [-0.15, -0.1) is 0 Å². The van der Waals surface area contributed by atoms with Gasteiger partial charge in [-0.3, -0.25) is 9.71 Å². The van der Waals surface area contributed by atoms with Gasteiger partial charge >= 0.3 is 0 Å². The number of pyridine rings is 1. The zero-order valence-electron chi connectivity index (χ0n) is 20.6. The molecule has 1 aliphatic rings. The van der Waals surface area contributed by atoms with Crippen LogP contribution in [0.4, 0.5) is 11.4 Å². The number of para-hydroxylation sites is 1. The molecule has 1 aliphatic heterocycles. The van der Waals surface area contributed by atoms with Gasteiger partial charge in [-0.1, -0.05) is 24.3 Å². The molecule has 2 N–H and O–H groups in total. The largest absolute Gasteiger partial charge is 0.494 e. The molecule has 0 bridgehead atoms. The van der Waals surface area contributed by atoms with Crippen LogP contribution in [0.5, 0.6) is 5.75 Å². The van der Waals surface area contributed by atoms with Crippen molar-refractivity contribution in [3.63, 3.8) is 0 Å². The number of hydrogen-bond donors (Lipinski definition) is 2. The van der Waals surface area contributed by atoms with Gasteiger partial charge in [0.1, 0.15) is 11.8 Å². The first-order valence-electron chi connectivity index (χ1n) is 11.7. The van der Waals surface area contributed by atoms with E-state index in [0.29, 0.717) is 16.5 Å². The van der Waals surface area contributed by atoms with Gasteiger partial charge < -0.3 is 19.5 Å². The van der Waals surface area contributed by atoms with E-state index in [1.165, 1.54) is 7.11 Å². The third-order valence-corrected chi connectivity index (χ3v) is 7.22. The van der Waals surface area contributed by atoms with E-state index in [2.05, 4.69) is 44.7 Å². The first kappa shape index (κ1) is 24.8. The van der Waals surface area contributed by atoms with Gasteiger partial charge in [-0.2, -0.15) is 0 Å². The number of anilines is 2. The van der Waals surface area contributed by atoms with Gasteiger partial charge in [-0.25, -0.2) is 8.42 Å². The highest BCUT2D eigenvalue weighted by molar-refractivity contribution is 7.92. The van der Waals surface area contributed by atoms with Crippen LogP contribution in [0.1, 0.15) is 29.0 Å². The van der Waals surface area contributed by atoms with Gasteiger partial charge in [0, 0.05) is 35.5 Å². The molecule has 10 heteroatoms. The van der Waals surface area contributed by atoms with Crippen LogP contribution in [0.25, 0.3) is 5.69 Å². The van der Waals surface area contributed by atoms with Crippen LogP contribution in [-0.4, -0.2) is 36.4 Å². The smallest absolute Gasteiger partial charge is 0.229 e. The first-order valence-corrected chi connectivity index (χ1v) is 14.0. The van der Waals surface area contributed by atoms with Crippen LogP contribution >= 0.6 is 12.2 Å². The predicted octanol–water partition coefficient (Wildman–Crippen LogP) is 4.74. The highest BCUT2D eigenvalue weighted by Crippen LogP contribution is 2.44. The van der Waals surface area contributed by atoms with Crippen molar-refractivity contribution in [1.82, 2.24) is 14.9 Å². The maximum Gasteiger partial charge on any atom is 0.229 e. The lowest BCUT2D eigenvalue weighted by Gasteiger charge is -2.29. The summed E-state index contributed by atoms with van der Waals surface area (Å²) in [5.41, 5.74) is 5.21. The number of methoxy groups -OCH3 is 1. The molecule has 0 unspecified atom stereocenters. The van der Waals surface area contributed by atoms with E-state index in [-0.39, 0.29) is 12.1 Å². The highest BCUT2D eigenvalue weighted by atomic mass is 32.2. The molecule has 3 heterocycles. The Morgan fingerprint density at radius 2 is 1.84 bits per heavy atom. The molecule has 4 aromatic rings. The second-order valence-corrected chi connectivity index (χ2v) is 11.0. The molecular formula is C27H27N5O3S2. The van der Waals surface area contributed by atoms with Crippen molar-refractivity contribution in [2.75, 3.05) is 23.0 Å². The van der Waals surface area contributed by atoms with Crippen molar-refractivity contribution in [2.45, 2.75) is 19.0 Å². The number of hydrogen-bond acceptors (Lipinski definition) is 5. The maximum atomic E-state index is 11.9. The van der Waals surface area contributed by atoms with Crippen LogP contribution in [0.3, 0.4) is 0 Å². The summed E-state index contributed by atoms with van der Waals surface area (Å²) in [4.78, 5) is 6.67. The molecule has 2 aromatic carbocycles. The first-order chi connectivity index (χ1) is 17.8. The number of aryl methyl sites for hydroxylation is 1. The topological polar surface area (TPSA) is 88.5 Å². The van der Waals surface area contributed by atoms with Crippen molar-refractivity contribution in [1.29, 1.82) is 0 Å². The normalized spacial score (nSPS) is 17.5. The number of nitrogens with zero attached hydrogens (tertiary/aromatic N) is 3. The molecule has 8 nitrogen and oxygen atoms in total. The molecular weight excluding hydrogens is 506 g/mol. The third-order valence-electron chi connectivity index (χ3n) is 6.32. The van der Waals surface area contributed by atoms with E-state index in [1.807, 2.05) is 53.6 Å². The Morgan fingerprint density at radius 3 is 2.54 bits per heavy atom. The van der Waals surface area contributed by atoms with Crippen molar-refractivity contribution in [3.8, 4) is 11.4 Å². The van der Waals surface area contributed by atoms with Gasteiger partial charge in [-0.05, 0) is 67.2 Å². The molecule has 37 heavy (non-hydrogen) atoms. The van der Waals surface area contributed by atoms with E-state index in [1.54, 1.807) is 18.3 Å². The van der Waals surface area contributed by atoms with Crippen molar-refractivity contribution in [2.24, 2.45) is 0 Å². The van der Waals surface area contributed by atoms with E-state index in [9.17, 15) is 8.42 Å². The molecule has 0 amide bonds. The molecule has 0 aliphatic carbocycles. The number of aromatic nitrogens is 2. The fraction of sp³-hybridized carbons (Fsp3) is 0.185. The standard InChI is InChI=1S/C27H27N5O3S2/c1-18-9-4-5-11-22(18)31-16-8-12-23(31)26-25(21-10-6-7-15-28-21)29-27(36)32(26)19-13-14-20(24(17-19)35-2)30-37(3,33)34/h4-17,25-26,30H,1-3H3,(H,29,36)/t25-,26+/m0/s1. The van der Waals surface area contributed by atoms with E-state index in [0.717, 1.165) is 34.6 Å². The average Bonchev–Trinajstić information content (AvgIpc) is 3.48. The molecule has 2 atom stereocenters. The summed E-state index contributed by atoms with van der Waals surface area (Å²) >= 11 is 5.86. The minimum atomic E-state index is -3.48. The monoisotopic (exact) mass is 533 g/mol. The molecule has 0 saturated carbocycles. The van der Waals surface area contributed by atoms with Crippen LogP contribution < -0.4 is 19.7 Å². The highest BCUT2D eigenvalue weighted by Gasteiger charge is 2.42. The summed E-state index contributed by atoms with van der Waals surface area (Å²) in [5.74, 6) is 0.389. The van der Waals surface area contributed by atoms with Gasteiger partial charge in [0.15, 0.2) is 5.11 Å². The molecule has 1 saturated heterocycles. The SMILES string of the molecule is COc1cc(N2C(=S)N[C@@H](c3ccccn3)[C@H]2c2cccn2-c2ccccc2C)ccc1NS(C)(=O)=O. The summed E-state index contributed by atoms with van der Waals surface area (Å²) in [7, 11) is -1.97. The fourth-order valence-corrected chi connectivity index (χ4v) is 5.65. The van der Waals surface area contributed by atoms with E-state index >= 15 is 0 Å². The summed E-state index contributed by atoms with van der Waals surface area (Å²) < 4.78 is 33.9. The number of ether oxygens (including phenoxy) is 1.